The van der Waals surface area contributed by atoms with Crippen molar-refractivity contribution >= 4 is 21.7 Å². The molecule has 1 saturated heterocycles. The summed E-state index contributed by atoms with van der Waals surface area (Å²) in [4.78, 5) is 6.94. The fourth-order valence-corrected chi connectivity index (χ4v) is 2.84. The Morgan fingerprint density at radius 1 is 1.47 bits per heavy atom. The van der Waals surface area contributed by atoms with Gasteiger partial charge in [0.25, 0.3) is 0 Å². The van der Waals surface area contributed by atoms with Gasteiger partial charge in [-0.25, -0.2) is 4.98 Å². The lowest BCUT2D eigenvalue weighted by Gasteiger charge is -2.35. The van der Waals surface area contributed by atoms with Crippen molar-refractivity contribution in [2.75, 3.05) is 11.4 Å². The Labute approximate surface area is 99.8 Å². The van der Waals surface area contributed by atoms with E-state index in [1.807, 2.05) is 6.20 Å². The van der Waals surface area contributed by atoms with Crippen molar-refractivity contribution in [2.45, 2.75) is 39.2 Å². The summed E-state index contributed by atoms with van der Waals surface area (Å²) >= 11 is 3.61. The molecule has 0 amide bonds. The number of piperidine rings is 1. The van der Waals surface area contributed by atoms with Crippen LogP contribution in [0, 0.1) is 6.92 Å². The highest BCUT2D eigenvalue weighted by molar-refractivity contribution is 9.10. The van der Waals surface area contributed by atoms with Crippen LogP contribution in [0.15, 0.2) is 16.7 Å². The van der Waals surface area contributed by atoms with Gasteiger partial charge in [0.2, 0.25) is 0 Å². The summed E-state index contributed by atoms with van der Waals surface area (Å²) in [7, 11) is 0. The molecule has 3 heteroatoms. The van der Waals surface area contributed by atoms with Crippen LogP contribution < -0.4 is 4.90 Å². The Morgan fingerprint density at radius 3 is 2.93 bits per heavy atom. The van der Waals surface area contributed by atoms with E-state index < -0.39 is 0 Å². The fraction of sp³-hybridized carbons (Fsp3) is 0.583. The van der Waals surface area contributed by atoms with Gasteiger partial charge in [0.15, 0.2) is 0 Å². The lowest BCUT2D eigenvalue weighted by molar-refractivity contribution is 0.480. The molecule has 0 aromatic carbocycles. The summed E-state index contributed by atoms with van der Waals surface area (Å²) in [5, 5.41) is 0. The molecule has 0 radical (unpaired) electrons. The van der Waals surface area contributed by atoms with Gasteiger partial charge in [-0.2, -0.15) is 0 Å². The number of hydrogen-bond donors (Lipinski definition) is 0. The van der Waals surface area contributed by atoms with Crippen LogP contribution in [0.3, 0.4) is 0 Å². The van der Waals surface area contributed by atoms with E-state index in [2.05, 4.69) is 45.7 Å². The first-order valence-corrected chi connectivity index (χ1v) is 6.36. The van der Waals surface area contributed by atoms with Gasteiger partial charge in [0, 0.05) is 18.8 Å². The molecule has 1 aliphatic heterocycles. The number of hydrogen-bond acceptors (Lipinski definition) is 2. The van der Waals surface area contributed by atoms with Crippen molar-refractivity contribution in [2.24, 2.45) is 0 Å². The van der Waals surface area contributed by atoms with Crippen LogP contribution in [0.5, 0.6) is 0 Å². The molecule has 0 bridgehead atoms. The van der Waals surface area contributed by atoms with E-state index in [0.29, 0.717) is 6.04 Å². The van der Waals surface area contributed by atoms with E-state index in [1.165, 1.54) is 24.8 Å². The lowest BCUT2D eigenvalue weighted by Crippen LogP contribution is -2.38. The predicted octanol–water partition coefficient (Wildman–Crippen LogP) is 3.53. The number of rotatable bonds is 1. The molecule has 0 saturated carbocycles. The highest BCUT2D eigenvalue weighted by atomic mass is 79.9. The zero-order valence-corrected chi connectivity index (χ0v) is 10.9. The van der Waals surface area contributed by atoms with Crippen LogP contribution in [0.1, 0.15) is 31.7 Å². The van der Waals surface area contributed by atoms with Gasteiger partial charge in [-0.15, -0.1) is 0 Å². The summed E-state index contributed by atoms with van der Waals surface area (Å²) < 4.78 is 1.12. The number of halogens is 1. The topological polar surface area (TPSA) is 16.1 Å². The van der Waals surface area contributed by atoms with Crippen LogP contribution in [-0.4, -0.2) is 17.6 Å². The molecule has 1 aromatic rings. The maximum absolute atomic E-state index is 4.53. The van der Waals surface area contributed by atoms with Crippen LogP contribution in [0.4, 0.5) is 5.82 Å². The molecule has 0 spiro atoms. The highest BCUT2D eigenvalue weighted by Crippen LogP contribution is 2.29. The molecule has 1 fully saturated rings. The normalized spacial score (nSPS) is 21.8. The second-order valence-corrected chi connectivity index (χ2v) is 5.21. The number of pyridine rings is 1. The molecule has 0 aliphatic carbocycles. The van der Waals surface area contributed by atoms with Gasteiger partial charge < -0.3 is 4.90 Å². The summed E-state index contributed by atoms with van der Waals surface area (Å²) in [6, 6.07) is 2.76. The zero-order valence-electron chi connectivity index (χ0n) is 9.33. The van der Waals surface area contributed by atoms with Crippen LogP contribution in [-0.2, 0) is 0 Å². The summed E-state index contributed by atoms with van der Waals surface area (Å²) in [5.74, 6) is 1.10. The maximum Gasteiger partial charge on any atom is 0.143 e. The number of aryl methyl sites for hydroxylation is 1. The van der Waals surface area contributed by atoms with Crippen molar-refractivity contribution in [3.05, 3.63) is 22.3 Å². The van der Waals surface area contributed by atoms with E-state index in [9.17, 15) is 0 Å². The third kappa shape index (κ3) is 2.33. The molecule has 0 N–H and O–H groups in total. The standard InChI is InChI=1S/C12H17BrN2/c1-9-7-11(13)12(14-8-9)15-6-4-3-5-10(15)2/h7-8,10H,3-6H2,1-2H3. The van der Waals surface area contributed by atoms with Gasteiger partial charge >= 0.3 is 0 Å². The largest absolute Gasteiger partial charge is 0.353 e. The van der Waals surface area contributed by atoms with E-state index in [4.69, 9.17) is 0 Å². The van der Waals surface area contributed by atoms with Crippen LogP contribution in [0.25, 0.3) is 0 Å². The van der Waals surface area contributed by atoms with Crippen molar-refractivity contribution in [3.63, 3.8) is 0 Å². The second-order valence-electron chi connectivity index (χ2n) is 4.36. The monoisotopic (exact) mass is 268 g/mol. The molecular formula is C12H17BrN2. The zero-order chi connectivity index (χ0) is 10.8. The van der Waals surface area contributed by atoms with Gasteiger partial charge in [-0.1, -0.05) is 0 Å². The summed E-state index contributed by atoms with van der Waals surface area (Å²) in [6.07, 6.45) is 5.86. The highest BCUT2D eigenvalue weighted by Gasteiger charge is 2.21. The smallest absolute Gasteiger partial charge is 0.143 e. The Hall–Kier alpha value is -0.570. The first-order chi connectivity index (χ1) is 7.18. The van der Waals surface area contributed by atoms with Gasteiger partial charge in [-0.05, 0) is 60.7 Å². The van der Waals surface area contributed by atoms with Gasteiger partial charge in [-0.3, -0.25) is 0 Å². The predicted molar refractivity (Wildman–Crippen MR) is 67.3 cm³/mol. The summed E-state index contributed by atoms with van der Waals surface area (Å²) in [5.41, 5.74) is 1.20. The molecular weight excluding hydrogens is 252 g/mol. The first-order valence-electron chi connectivity index (χ1n) is 5.57. The molecule has 1 aromatic heterocycles. The third-order valence-electron chi connectivity index (χ3n) is 3.03. The average molecular weight is 269 g/mol. The second kappa shape index (κ2) is 4.52. The fourth-order valence-electron chi connectivity index (χ4n) is 2.15. The molecule has 1 unspecified atom stereocenters. The lowest BCUT2D eigenvalue weighted by atomic mass is 10.0. The van der Waals surface area contributed by atoms with E-state index in [1.54, 1.807) is 0 Å². The minimum absolute atomic E-state index is 0.616. The minimum atomic E-state index is 0.616. The number of anilines is 1. The van der Waals surface area contributed by atoms with Crippen molar-refractivity contribution < 1.29 is 0 Å². The van der Waals surface area contributed by atoms with Crippen molar-refractivity contribution in [1.82, 2.24) is 4.98 Å². The Morgan fingerprint density at radius 2 is 2.27 bits per heavy atom. The molecule has 1 atom stereocenters. The van der Waals surface area contributed by atoms with E-state index in [0.717, 1.165) is 16.8 Å². The molecule has 2 nitrogen and oxygen atoms in total. The van der Waals surface area contributed by atoms with E-state index >= 15 is 0 Å². The Balaban J connectivity index is 2.27. The van der Waals surface area contributed by atoms with Crippen molar-refractivity contribution in [3.8, 4) is 0 Å². The first kappa shape index (κ1) is 10.9. The average Bonchev–Trinajstić information content (AvgIpc) is 2.20. The SMILES string of the molecule is Cc1cnc(N2CCCCC2C)c(Br)c1. The molecule has 1 aliphatic rings. The molecule has 2 rings (SSSR count). The molecule has 82 valence electrons. The minimum Gasteiger partial charge on any atom is -0.353 e. The van der Waals surface area contributed by atoms with E-state index in [-0.39, 0.29) is 0 Å². The quantitative estimate of drug-likeness (QED) is 0.775. The van der Waals surface area contributed by atoms with Crippen molar-refractivity contribution in [1.29, 1.82) is 0 Å². The maximum atomic E-state index is 4.53. The van der Waals surface area contributed by atoms with Gasteiger partial charge in [0.05, 0.1) is 4.47 Å². The number of aromatic nitrogens is 1. The van der Waals surface area contributed by atoms with Crippen LogP contribution >= 0.6 is 15.9 Å². The third-order valence-corrected chi connectivity index (χ3v) is 3.62. The Kier molecular flexibility index (Phi) is 3.29. The molecule has 2 heterocycles. The molecule has 15 heavy (non-hydrogen) atoms. The Bertz CT molecular complexity index is 351. The number of nitrogens with zero attached hydrogens (tertiary/aromatic N) is 2. The summed E-state index contributed by atoms with van der Waals surface area (Å²) in [6.45, 7) is 5.49. The van der Waals surface area contributed by atoms with Crippen LogP contribution in [0.2, 0.25) is 0 Å². The van der Waals surface area contributed by atoms with Gasteiger partial charge in [0.1, 0.15) is 5.82 Å².